The first-order valence-corrected chi connectivity index (χ1v) is 11.5. The largest absolute Gasteiger partial charge is 0.497 e. The normalized spacial score (nSPS) is 12.8. The van der Waals surface area contributed by atoms with Crippen LogP contribution in [-0.4, -0.2) is 34.5 Å². The molecule has 8 heteroatoms. The summed E-state index contributed by atoms with van der Waals surface area (Å²) in [4.78, 5) is 12.5. The molecule has 0 saturated carbocycles. The number of hydrogen-bond acceptors (Lipinski definition) is 7. The summed E-state index contributed by atoms with van der Waals surface area (Å²) in [5.74, 6) is 0.812. The summed E-state index contributed by atoms with van der Waals surface area (Å²) in [6.07, 6.45) is 1.85. The highest BCUT2D eigenvalue weighted by molar-refractivity contribution is 8.02. The van der Waals surface area contributed by atoms with Gasteiger partial charge in [0.2, 0.25) is 11.0 Å². The Morgan fingerprint density at radius 2 is 1.83 bits per heavy atom. The van der Waals surface area contributed by atoms with E-state index >= 15 is 0 Å². The van der Waals surface area contributed by atoms with Crippen molar-refractivity contribution < 1.29 is 9.53 Å². The van der Waals surface area contributed by atoms with Crippen molar-refractivity contribution in [3.05, 3.63) is 60.2 Å². The van der Waals surface area contributed by atoms with Crippen LogP contribution in [0.4, 0.5) is 10.8 Å². The van der Waals surface area contributed by atoms with Gasteiger partial charge < -0.3 is 15.4 Å². The van der Waals surface area contributed by atoms with Gasteiger partial charge in [0.25, 0.3) is 0 Å². The summed E-state index contributed by atoms with van der Waals surface area (Å²) < 4.78 is 5.92. The smallest absolute Gasteiger partial charge is 0.233 e. The Balaban J connectivity index is 1.45. The maximum atomic E-state index is 12.5. The van der Waals surface area contributed by atoms with Gasteiger partial charge in [0.15, 0.2) is 4.34 Å². The highest BCUT2D eigenvalue weighted by Gasteiger charge is 2.19. The first-order valence-electron chi connectivity index (χ1n) is 9.79. The summed E-state index contributed by atoms with van der Waals surface area (Å²) in [6.45, 7) is 3.93. The molecule has 2 N–H and O–H groups in total. The number of aryl methyl sites for hydroxylation is 1. The molecule has 0 aliphatic carbocycles. The predicted molar refractivity (Wildman–Crippen MR) is 124 cm³/mol. The van der Waals surface area contributed by atoms with Crippen LogP contribution < -0.4 is 15.4 Å². The van der Waals surface area contributed by atoms with Crippen molar-refractivity contribution in [2.45, 2.75) is 42.3 Å². The van der Waals surface area contributed by atoms with E-state index in [4.69, 9.17) is 4.74 Å². The molecule has 0 aliphatic rings. The van der Waals surface area contributed by atoms with Crippen LogP contribution in [0.1, 0.15) is 25.8 Å². The van der Waals surface area contributed by atoms with Crippen LogP contribution in [0.25, 0.3) is 0 Å². The summed E-state index contributed by atoms with van der Waals surface area (Å²) in [5, 5.41) is 15.1. The zero-order chi connectivity index (χ0) is 21.3. The number of anilines is 2. The molecular weight excluding hydrogens is 416 g/mol. The van der Waals surface area contributed by atoms with Crippen LogP contribution in [0, 0.1) is 0 Å². The molecule has 1 amide bonds. The van der Waals surface area contributed by atoms with Crippen LogP contribution in [0.3, 0.4) is 0 Å². The zero-order valence-electron chi connectivity index (χ0n) is 17.3. The molecule has 2 atom stereocenters. The number of rotatable bonds is 10. The fourth-order valence-corrected chi connectivity index (χ4v) is 4.70. The average Bonchev–Trinajstić information content (AvgIpc) is 3.20. The lowest BCUT2D eigenvalue weighted by Gasteiger charge is -2.16. The maximum absolute atomic E-state index is 12.5. The molecular formula is C22H26N4O2S2. The van der Waals surface area contributed by atoms with E-state index in [2.05, 4.69) is 33.0 Å². The van der Waals surface area contributed by atoms with E-state index in [1.807, 2.05) is 56.3 Å². The van der Waals surface area contributed by atoms with Gasteiger partial charge in [0.1, 0.15) is 5.75 Å². The van der Waals surface area contributed by atoms with Gasteiger partial charge in [-0.15, -0.1) is 10.2 Å². The third kappa shape index (κ3) is 6.74. The summed E-state index contributed by atoms with van der Waals surface area (Å²) in [6, 6.07) is 18.0. The molecule has 0 radical (unpaired) electrons. The minimum Gasteiger partial charge on any atom is -0.497 e. The molecule has 6 nitrogen and oxygen atoms in total. The van der Waals surface area contributed by atoms with E-state index in [1.54, 1.807) is 7.11 Å². The lowest BCUT2D eigenvalue weighted by atomic mass is 10.1. The number of nitrogens with zero attached hydrogens (tertiary/aromatic N) is 2. The average molecular weight is 443 g/mol. The van der Waals surface area contributed by atoms with Crippen molar-refractivity contribution in [2.24, 2.45) is 0 Å². The first kappa shape index (κ1) is 22.1. The number of methoxy groups -OCH3 is 1. The van der Waals surface area contributed by atoms with E-state index in [-0.39, 0.29) is 17.2 Å². The predicted octanol–water partition coefficient (Wildman–Crippen LogP) is 4.91. The minimum atomic E-state index is -0.244. The highest BCUT2D eigenvalue weighted by Crippen LogP contribution is 2.30. The Bertz CT molecular complexity index is 932. The number of carbonyl (C=O) groups excluding carboxylic acids is 1. The van der Waals surface area contributed by atoms with Crippen LogP contribution in [0.2, 0.25) is 0 Å². The molecule has 1 aromatic heterocycles. The zero-order valence-corrected chi connectivity index (χ0v) is 18.9. The van der Waals surface area contributed by atoms with Crippen molar-refractivity contribution in [1.82, 2.24) is 15.5 Å². The standard InChI is InChI=1S/C22H26N4O2S2/c1-15(9-10-17-7-5-4-6-8-17)23-20(27)16(2)29-22-26-25-21(30-22)24-18-11-13-19(28-3)14-12-18/h4-8,11-16H,9-10H2,1-3H3,(H,23,27)(H,24,25). The first-order chi connectivity index (χ1) is 14.5. The molecule has 0 fully saturated rings. The summed E-state index contributed by atoms with van der Waals surface area (Å²) in [7, 11) is 1.64. The molecule has 3 aromatic rings. The van der Waals surface area contributed by atoms with Gasteiger partial charge in [-0.05, 0) is 56.5 Å². The van der Waals surface area contributed by atoms with Gasteiger partial charge in [-0.3, -0.25) is 4.79 Å². The quantitative estimate of drug-likeness (QED) is 0.435. The van der Waals surface area contributed by atoms with E-state index in [1.165, 1.54) is 28.7 Å². The molecule has 0 spiro atoms. The Morgan fingerprint density at radius 3 is 2.53 bits per heavy atom. The number of benzene rings is 2. The lowest BCUT2D eigenvalue weighted by Crippen LogP contribution is -2.37. The molecule has 158 valence electrons. The SMILES string of the molecule is COc1ccc(Nc2nnc(SC(C)C(=O)NC(C)CCc3ccccc3)s2)cc1. The van der Waals surface area contributed by atoms with Gasteiger partial charge in [0, 0.05) is 11.7 Å². The number of aromatic nitrogens is 2. The Kier molecular flexibility index (Phi) is 8.10. The van der Waals surface area contributed by atoms with Crippen molar-refractivity contribution >= 4 is 39.8 Å². The van der Waals surface area contributed by atoms with Gasteiger partial charge in [-0.1, -0.05) is 53.4 Å². The number of thioether (sulfide) groups is 1. The van der Waals surface area contributed by atoms with Crippen LogP contribution in [-0.2, 0) is 11.2 Å². The second kappa shape index (κ2) is 11.0. The Morgan fingerprint density at radius 1 is 1.10 bits per heavy atom. The molecule has 0 saturated heterocycles. The fourth-order valence-electron chi connectivity index (χ4n) is 2.77. The fraction of sp³-hybridized carbons (Fsp3) is 0.318. The molecule has 3 rings (SSSR count). The van der Waals surface area contributed by atoms with Crippen LogP contribution >= 0.6 is 23.1 Å². The number of nitrogens with one attached hydrogen (secondary N) is 2. The highest BCUT2D eigenvalue weighted by atomic mass is 32.2. The molecule has 1 heterocycles. The Hall–Kier alpha value is -2.58. The van der Waals surface area contributed by atoms with E-state index in [9.17, 15) is 4.79 Å². The Labute approximate surface area is 185 Å². The second-order valence-corrected chi connectivity index (χ2v) is 9.49. The molecule has 0 aliphatic heterocycles. The summed E-state index contributed by atoms with van der Waals surface area (Å²) in [5.41, 5.74) is 2.19. The molecule has 2 aromatic carbocycles. The van der Waals surface area contributed by atoms with E-state index in [0.29, 0.717) is 5.13 Å². The van der Waals surface area contributed by atoms with Crippen molar-refractivity contribution in [1.29, 1.82) is 0 Å². The molecule has 0 bridgehead atoms. The number of amides is 1. The van der Waals surface area contributed by atoms with Gasteiger partial charge >= 0.3 is 0 Å². The van der Waals surface area contributed by atoms with Crippen LogP contribution in [0.15, 0.2) is 58.9 Å². The molecule has 2 unspecified atom stereocenters. The third-order valence-corrected chi connectivity index (χ3v) is 6.51. The number of ether oxygens (including phenoxy) is 1. The van der Waals surface area contributed by atoms with Crippen molar-refractivity contribution in [3.8, 4) is 5.75 Å². The second-order valence-electron chi connectivity index (χ2n) is 6.92. The van der Waals surface area contributed by atoms with Gasteiger partial charge in [-0.25, -0.2) is 0 Å². The summed E-state index contributed by atoms with van der Waals surface area (Å²) >= 11 is 2.85. The third-order valence-electron chi connectivity index (χ3n) is 4.49. The van der Waals surface area contributed by atoms with Crippen LogP contribution in [0.5, 0.6) is 5.75 Å². The maximum Gasteiger partial charge on any atom is 0.233 e. The monoisotopic (exact) mass is 442 g/mol. The van der Waals surface area contributed by atoms with Crippen molar-refractivity contribution in [3.63, 3.8) is 0 Å². The lowest BCUT2D eigenvalue weighted by molar-refractivity contribution is -0.120. The number of hydrogen-bond donors (Lipinski definition) is 2. The van der Waals surface area contributed by atoms with Crippen molar-refractivity contribution in [2.75, 3.05) is 12.4 Å². The number of carbonyl (C=O) groups is 1. The minimum absolute atomic E-state index is 0.0143. The molecule has 30 heavy (non-hydrogen) atoms. The topological polar surface area (TPSA) is 76.1 Å². The van der Waals surface area contributed by atoms with Gasteiger partial charge in [0.05, 0.1) is 12.4 Å². The van der Waals surface area contributed by atoms with Gasteiger partial charge in [-0.2, -0.15) is 0 Å². The van der Waals surface area contributed by atoms with E-state index < -0.39 is 0 Å². The van der Waals surface area contributed by atoms with E-state index in [0.717, 1.165) is 28.6 Å².